The molecule has 0 aliphatic carbocycles. The Hall–Kier alpha value is -0.390. The number of carbonyl (C=O) groups excluding carboxylic acids is 1. The van der Waals surface area contributed by atoms with Crippen molar-refractivity contribution in [2.75, 3.05) is 7.05 Å². The molecule has 4 heteroatoms. The minimum atomic E-state index is 0.373. The number of allylic oxidation sites excluding steroid dienone is 1. The first-order valence-electron chi connectivity index (χ1n) is 2.29. The second-order valence-electron chi connectivity index (χ2n) is 1.28. The van der Waals surface area contributed by atoms with Crippen molar-refractivity contribution >= 4 is 35.1 Å². The van der Waals surface area contributed by atoms with Crippen LogP contribution in [0.5, 0.6) is 0 Å². The normalized spacial score (nSPS) is 11.8. The Morgan fingerprint density at radius 1 is 1.78 bits per heavy atom. The lowest BCUT2D eigenvalue weighted by molar-refractivity contribution is -0.104. The van der Waals surface area contributed by atoms with Crippen molar-refractivity contribution in [2.24, 2.45) is 0 Å². The average molecular weight is 238 g/mol. The molecule has 0 aromatic rings. The molecule has 0 spiro atoms. The molecule has 0 aliphatic rings. The lowest BCUT2D eigenvalue weighted by Crippen LogP contribution is -2.04. The van der Waals surface area contributed by atoms with Crippen LogP contribution < -0.4 is 5.32 Å². The molecule has 0 unspecified atom stereocenters. The number of rotatable bonds is 3. The molecule has 2 N–H and O–H groups in total. The molecule has 0 heterocycles. The third kappa shape index (κ3) is 2.59. The van der Waals surface area contributed by atoms with Gasteiger partial charge in [0, 0.05) is 13.3 Å². The second-order valence-corrected chi connectivity index (χ2v) is 2.36. The van der Waals surface area contributed by atoms with E-state index in [9.17, 15) is 4.79 Å². The molecule has 0 bridgehead atoms. The van der Waals surface area contributed by atoms with Crippen LogP contribution in [0.15, 0.2) is 9.28 Å². The zero-order valence-electron chi connectivity index (χ0n) is 4.94. The topological polar surface area (TPSA) is 53.0 Å². The number of hydrogen-bond acceptors (Lipinski definition) is 3. The van der Waals surface area contributed by atoms with Gasteiger partial charge in [-0.1, -0.05) is 0 Å². The Balaban J connectivity index is 4.36. The van der Waals surface area contributed by atoms with Gasteiger partial charge in [-0.2, -0.15) is 0 Å². The largest absolute Gasteiger partial charge is 0.383 e. The zero-order valence-corrected chi connectivity index (χ0v) is 7.10. The first-order chi connectivity index (χ1) is 4.26. The van der Waals surface area contributed by atoms with E-state index in [0.29, 0.717) is 15.6 Å². The van der Waals surface area contributed by atoms with E-state index in [1.807, 2.05) is 22.6 Å². The summed E-state index contributed by atoms with van der Waals surface area (Å²) in [5.74, 6) is 0. The van der Waals surface area contributed by atoms with Gasteiger partial charge in [-0.3, -0.25) is 4.79 Å². The Morgan fingerprint density at radius 2 is 2.33 bits per heavy atom. The van der Waals surface area contributed by atoms with E-state index in [2.05, 4.69) is 5.32 Å². The molecular formula is C5H7IN2O. The van der Waals surface area contributed by atoms with E-state index >= 15 is 0 Å². The minimum absolute atomic E-state index is 0.373. The molecule has 0 aromatic heterocycles. The number of halogens is 1. The van der Waals surface area contributed by atoms with E-state index in [1.54, 1.807) is 7.05 Å². The molecule has 0 amide bonds. The molecule has 0 atom stereocenters. The summed E-state index contributed by atoms with van der Waals surface area (Å²) in [5, 5.41) is 9.49. The fourth-order valence-electron chi connectivity index (χ4n) is 0.293. The van der Waals surface area contributed by atoms with Crippen molar-refractivity contribution in [3.63, 3.8) is 0 Å². The zero-order chi connectivity index (χ0) is 7.28. The van der Waals surface area contributed by atoms with Crippen LogP contribution in [0.3, 0.4) is 0 Å². The van der Waals surface area contributed by atoms with Gasteiger partial charge in [-0.15, -0.1) is 0 Å². The highest BCUT2D eigenvalue weighted by atomic mass is 127. The molecule has 0 radical (unpaired) electrons. The molecular weight excluding hydrogens is 231 g/mol. The Morgan fingerprint density at radius 3 is 2.44 bits per heavy atom. The summed E-state index contributed by atoms with van der Waals surface area (Å²) in [7, 11) is 1.70. The molecule has 0 aliphatic heterocycles. The molecule has 0 saturated heterocycles. The van der Waals surface area contributed by atoms with Crippen molar-refractivity contribution in [3.05, 3.63) is 9.28 Å². The van der Waals surface area contributed by atoms with Gasteiger partial charge < -0.3 is 10.7 Å². The lowest BCUT2D eigenvalue weighted by Gasteiger charge is -1.95. The van der Waals surface area contributed by atoms with Crippen LogP contribution in [0, 0.1) is 5.41 Å². The first-order valence-corrected chi connectivity index (χ1v) is 3.37. The predicted octanol–water partition coefficient (Wildman–Crippen LogP) is 0.701. The highest BCUT2D eigenvalue weighted by molar-refractivity contribution is 14.1. The van der Waals surface area contributed by atoms with Gasteiger partial charge in [-0.05, 0) is 22.6 Å². The van der Waals surface area contributed by atoms with Crippen molar-refractivity contribution in [1.29, 1.82) is 5.41 Å². The van der Waals surface area contributed by atoms with Gasteiger partial charge in [0.05, 0.1) is 9.28 Å². The standard InChI is InChI=1S/C5H7IN2O/c1-8-5(6)4(2-7)3-9/h2-3,7-8H,1H3/b5-4+,7-2?. The van der Waals surface area contributed by atoms with Gasteiger partial charge in [0.2, 0.25) is 0 Å². The summed E-state index contributed by atoms with van der Waals surface area (Å²) in [6.45, 7) is 0. The first kappa shape index (κ1) is 8.61. The van der Waals surface area contributed by atoms with E-state index in [4.69, 9.17) is 5.41 Å². The van der Waals surface area contributed by atoms with E-state index in [-0.39, 0.29) is 0 Å². The summed E-state index contributed by atoms with van der Waals surface area (Å²) < 4.78 is 0.692. The summed E-state index contributed by atoms with van der Waals surface area (Å²) in [6.07, 6.45) is 1.66. The van der Waals surface area contributed by atoms with Crippen LogP contribution >= 0.6 is 22.6 Å². The summed E-state index contributed by atoms with van der Waals surface area (Å²) in [6, 6.07) is 0. The third-order valence-corrected chi connectivity index (χ3v) is 1.92. The predicted molar refractivity (Wildman–Crippen MR) is 45.0 cm³/mol. The van der Waals surface area contributed by atoms with Crippen LogP contribution in [-0.2, 0) is 4.79 Å². The van der Waals surface area contributed by atoms with Crippen LogP contribution in [0.25, 0.3) is 0 Å². The molecule has 0 rings (SSSR count). The van der Waals surface area contributed by atoms with E-state index in [0.717, 1.165) is 6.21 Å². The molecule has 9 heavy (non-hydrogen) atoms. The van der Waals surface area contributed by atoms with E-state index < -0.39 is 0 Å². The smallest absolute Gasteiger partial charge is 0.154 e. The Labute approximate surface area is 67.2 Å². The number of nitrogens with one attached hydrogen (secondary N) is 2. The molecule has 0 fully saturated rings. The highest BCUT2D eigenvalue weighted by Gasteiger charge is 1.94. The van der Waals surface area contributed by atoms with Gasteiger partial charge in [0.25, 0.3) is 0 Å². The van der Waals surface area contributed by atoms with Gasteiger partial charge in [-0.25, -0.2) is 0 Å². The van der Waals surface area contributed by atoms with Crippen LogP contribution in [0.2, 0.25) is 0 Å². The van der Waals surface area contributed by atoms with Crippen molar-refractivity contribution < 1.29 is 4.79 Å². The number of carbonyl (C=O) groups is 1. The van der Waals surface area contributed by atoms with Crippen LogP contribution in [0.1, 0.15) is 0 Å². The van der Waals surface area contributed by atoms with Gasteiger partial charge >= 0.3 is 0 Å². The highest BCUT2D eigenvalue weighted by Crippen LogP contribution is 2.03. The van der Waals surface area contributed by atoms with Crippen molar-refractivity contribution in [2.45, 2.75) is 0 Å². The van der Waals surface area contributed by atoms with Crippen molar-refractivity contribution in [1.82, 2.24) is 5.32 Å². The molecule has 3 nitrogen and oxygen atoms in total. The Kier molecular flexibility index (Phi) is 4.29. The second kappa shape index (κ2) is 4.49. The quantitative estimate of drug-likeness (QED) is 0.250. The van der Waals surface area contributed by atoms with Crippen molar-refractivity contribution in [3.8, 4) is 0 Å². The van der Waals surface area contributed by atoms with Crippen LogP contribution in [-0.4, -0.2) is 19.5 Å². The maximum absolute atomic E-state index is 10.1. The minimum Gasteiger partial charge on any atom is -0.383 e. The summed E-state index contributed by atoms with van der Waals surface area (Å²) >= 11 is 1.95. The van der Waals surface area contributed by atoms with E-state index in [1.165, 1.54) is 0 Å². The van der Waals surface area contributed by atoms with Gasteiger partial charge in [0.1, 0.15) is 0 Å². The summed E-state index contributed by atoms with van der Waals surface area (Å²) in [4.78, 5) is 10.1. The van der Waals surface area contributed by atoms with Gasteiger partial charge in [0.15, 0.2) is 6.29 Å². The summed E-state index contributed by atoms with van der Waals surface area (Å²) in [5.41, 5.74) is 0.373. The monoisotopic (exact) mass is 238 g/mol. The fraction of sp³-hybridized carbons (Fsp3) is 0.200. The molecule has 50 valence electrons. The lowest BCUT2D eigenvalue weighted by atomic mass is 10.3. The van der Waals surface area contributed by atoms with Crippen LogP contribution in [0.4, 0.5) is 0 Å². The third-order valence-electron chi connectivity index (χ3n) is 0.755. The average Bonchev–Trinajstić information content (AvgIpc) is 1.90. The fourth-order valence-corrected chi connectivity index (χ4v) is 0.576. The molecule has 0 saturated carbocycles. The molecule has 0 aromatic carbocycles. The maximum atomic E-state index is 10.1. The maximum Gasteiger partial charge on any atom is 0.154 e. The SMILES string of the molecule is CN/C(I)=C(\C=N)C=O. The Bertz CT molecular complexity index is 143. The number of aldehydes is 1. The number of hydrogen-bond donors (Lipinski definition) is 2.